The van der Waals surface area contributed by atoms with Gasteiger partial charge >= 0.3 is 0 Å². The van der Waals surface area contributed by atoms with Gasteiger partial charge in [0.1, 0.15) is 5.82 Å². The van der Waals surface area contributed by atoms with Gasteiger partial charge in [0.15, 0.2) is 0 Å². The largest absolute Gasteiger partial charge is 0.379 e. The molecule has 1 saturated heterocycles. The molecule has 1 aliphatic rings. The third-order valence-electron chi connectivity index (χ3n) is 3.69. The average Bonchev–Trinajstić information content (AvgIpc) is 2.97. The number of aromatic nitrogens is 2. The zero-order valence-corrected chi connectivity index (χ0v) is 12.4. The molecule has 0 bridgehead atoms. The minimum atomic E-state index is -0.403. The first-order chi connectivity index (χ1) is 10.2. The first kappa shape index (κ1) is 14.5. The third kappa shape index (κ3) is 3.43. The third-order valence-corrected chi connectivity index (χ3v) is 3.98. The second-order valence-corrected chi connectivity index (χ2v) is 5.46. The predicted molar refractivity (Wildman–Crippen MR) is 79.9 cm³/mol. The van der Waals surface area contributed by atoms with Crippen LogP contribution in [-0.4, -0.2) is 47.3 Å². The minimum absolute atomic E-state index is 0.133. The lowest BCUT2D eigenvalue weighted by Gasteiger charge is -2.26. The number of halogens is 2. The van der Waals surface area contributed by atoms with Crippen molar-refractivity contribution in [2.45, 2.75) is 6.54 Å². The molecular formula is C15H17ClFN3O. The molecule has 0 unspecified atom stereocenters. The van der Waals surface area contributed by atoms with Crippen molar-refractivity contribution in [2.75, 3.05) is 32.8 Å². The maximum atomic E-state index is 13.3. The number of rotatable bonds is 4. The Labute approximate surface area is 128 Å². The maximum absolute atomic E-state index is 13.3. The van der Waals surface area contributed by atoms with E-state index in [9.17, 15) is 4.39 Å². The van der Waals surface area contributed by atoms with Gasteiger partial charge in [-0.15, -0.1) is 0 Å². The topological polar surface area (TPSA) is 30.3 Å². The highest BCUT2D eigenvalue weighted by atomic mass is 35.5. The van der Waals surface area contributed by atoms with E-state index in [0.29, 0.717) is 0 Å². The van der Waals surface area contributed by atoms with E-state index >= 15 is 0 Å². The lowest BCUT2D eigenvalue weighted by molar-refractivity contribution is 0.0364. The second-order valence-electron chi connectivity index (χ2n) is 5.06. The summed E-state index contributed by atoms with van der Waals surface area (Å²) >= 11 is 5.86. The standard InChI is InChI=1S/C15H17ClFN3O/c16-13-9-12(1-2-14(13)17)15-10-18-11-20(15)4-3-19-5-7-21-8-6-19/h1-2,9-11H,3-8H2. The monoisotopic (exact) mass is 309 g/mol. The first-order valence-electron chi connectivity index (χ1n) is 7.00. The molecule has 1 aliphatic heterocycles. The van der Waals surface area contributed by atoms with Crippen LogP contribution >= 0.6 is 11.6 Å². The molecule has 1 fully saturated rings. The van der Waals surface area contributed by atoms with Gasteiger partial charge < -0.3 is 9.30 Å². The molecule has 0 N–H and O–H groups in total. The summed E-state index contributed by atoms with van der Waals surface area (Å²) in [5.41, 5.74) is 1.83. The molecule has 0 aliphatic carbocycles. The number of hydrogen-bond donors (Lipinski definition) is 0. The fourth-order valence-corrected chi connectivity index (χ4v) is 2.65. The van der Waals surface area contributed by atoms with E-state index in [4.69, 9.17) is 16.3 Å². The van der Waals surface area contributed by atoms with Crippen molar-refractivity contribution in [1.82, 2.24) is 14.5 Å². The van der Waals surface area contributed by atoms with E-state index in [1.54, 1.807) is 24.7 Å². The Morgan fingerprint density at radius 1 is 1.24 bits per heavy atom. The molecule has 0 atom stereocenters. The molecule has 0 amide bonds. The number of imidazole rings is 1. The van der Waals surface area contributed by atoms with Crippen molar-refractivity contribution in [3.8, 4) is 11.3 Å². The quantitative estimate of drug-likeness (QED) is 0.870. The summed E-state index contributed by atoms with van der Waals surface area (Å²) < 4.78 is 20.7. The van der Waals surface area contributed by atoms with Gasteiger partial charge in [0, 0.05) is 31.7 Å². The lowest BCUT2D eigenvalue weighted by Crippen LogP contribution is -2.38. The van der Waals surface area contributed by atoms with E-state index < -0.39 is 5.82 Å². The zero-order chi connectivity index (χ0) is 14.7. The van der Waals surface area contributed by atoms with Crippen molar-refractivity contribution in [3.63, 3.8) is 0 Å². The van der Waals surface area contributed by atoms with Crippen LogP contribution < -0.4 is 0 Å². The number of benzene rings is 1. The van der Waals surface area contributed by atoms with Gasteiger partial charge in [-0.25, -0.2) is 9.37 Å². The minimum Gasteiger partial charge on any atom is -0.379 e. The van der Waals surface area contributed by atoms with Gasteiger partial charge in [-0.3, -0.25) is 4.90 Å². The summed E-state index contributed by atoms with van der Waals surface area (Å²) in [6, 6.07) is 4.75. The highest BCUT2D eigenvalue weighted by molar-refractivity contribution is 6.31. The molecule has 1 aromatic heterocycles. The molecule has 2 aromatic rings. The Balaban J connectivity index is 1.72. The Kier molecular flexibility index (Phi) is 4.53. The molecule has 6 heteroatoms. The van der Waals surface area contributed by atoms with E-state index in [0.717, 1.165) is 50.7 Å². The van der Waals surface area contributed by atoms with E-state index in [-0.39, 0.29) is 5.02 Å². The van der Waals surface area contributed by atoms with E-state index in [1.807, 2.05) is 0 Å². The number of hydrogen-bond acceptors (Lipinski definition) is 3. The van der Waals surface area contributed by atoms with Gasteiger partial charge in [-0.2, -0.15) is 0 Å². The summed E-state index contributed by atoms with van der Waals surface area (Å²) in [6.07, 6.45) is 3.58. The van der Waals surface area contributed by atoms with Gasteiger partial charge in [-0.1, -0.05) is 11.6 Å². The van der Waals surface area contributed by atoms with Gasteiger partial charge in [-0.05, 0) is 18.2 Å². The summed E-state index contributed by atoms with van der Waals surface area (Å²) in [4.78, 5) is 6.56. The smallest absolute Gasteiger partial charge is 0.141 e. The lowest BCUT2D eigenvalue weighted by atomic mass is 10.1. The van der Waals surface area contributed by atoms with E-state index in [2.05, 4.69) is 14.5 Å². The van der Waals surface area contributed by atoms with E-state index in [1.165, 1.54) is 6.07 Å². The summed E-state index contributed by atoms with van der Waals surface area (Å²) in [5.74, 6) is -0.403. The van der Waals surface area contributed by atoms with Gasteiger partial charge in [0.25, 0.3) is 0 Å². The Bertz CT molecular complexity index is 611. The Hall–Kier alpha value is -1.43. The van der Waals surface area contributed by atoms with Crippen molar-refractivity contribution in [1.29, 1.82) is 0 Å². The summed E-state index contributed by atoms with van der Waals surface area (Å²) in [6.45, 7) is 5.31. The van der Waals surface area contributed by atoms with Crippen LogP contribution in [0.15, 0.2) is 30.7 Å². The molecule has 0 radical (unpaired) electrons. The first-order valence-corrected chi connectivity index (χ1v) is 7.37. The summed E-state index contributed by atoms with van der Waals surface area (Å²) in [7, 11) is 0. The van der Waals surface area contributed by atoms with Crippen molar-refractivity contribution >= 4 is 11.6 Å². The molecule has 4 nitrogen and oxygen atoms in total. The molecule has 2 heterocycles. The van der Waals surface area contributed by atoms with Gasteiger partial charge in [0.2, 0.25) is 0 Å². The van der Waals surface area contributed by atoms with Crippen molar-refractivity contribution < 1.29 is 9.13 Å². The average molecular weight is 310 g/mol. The molecule has 112 valence electrons. The van der Waals surface area contributed by atoms with Crippen LogP contribution in [0, 0.1) is 5.82 Å². The Morgan fingerprint density at radius 2 is 2.05 bits per heavy atom. The number of nitrogens with zero attached hydrogens (tertiary/aromatic N) is 3. The van der Waals surface area contributed by atoms with Crippen LogP contribution in [0.3, 0.4) is 0 Å². The van der Waals surface area contributed by atoms with Crippen LogP contribution in [0.5, 0.6) is 0 Å². The summed E-state index contributed by atoms with van der Waals surface area (Å²) in [5, 5.41) is 0.133. The van der Waals surface area contributed by atoms with Crippen molar-refractivity contribution in [2.24, 2.45) is 0 Å². The highest BCUT2D eigenvalue weighted by Crippen LogP contribution is 2.24. The fraction of sp³-hybridized carbons (Fsp3) is 0.400. The van der Waals surface area contributed by atoms with Crippen LogP contribution in [0.1, 0.15) is 0 Å². The van der Waals surface area contributed by atoms with Crippen LogP contribution in [0.4, 0.5) is 4.39 Å². The predicted octanol–water partition coefficient (Wildman–Crippen LogP) is 2.67. The molecule has 3 rings (SSSR count). The maximum Gasteiger partial charge on any atom is 0.141 e. The SMILES string of the molecule is Fc1ccc(-c2cncn2CCN2CCOCC2)cc1Cl. The van der Waals surface area contributed by atoms with Gasteiger partial charge in [0.05, 0.1) is 36.5 Å². The molecule has 1 aromatic carbocycles. The number of ether oxygens (including phenoxy) is 1. The fourth-order valence-electron chi connectivity index (χ4n) is 2.47. The number of morpholine rings is 1. The molecule has 21 heavy (non-hydrogen) atoms. The van der Waals surface area contributed by atoms with Crippen LogP contribution in [-0.2, 0) is 11.3 Å². The zero-order valence-electron chi connectivity index (χ0n) is 11.6. The van der Waals surface area contributed by atoms with Crippen LogP contribution in [0.2, 0.25) is 5.02 Å². The molecular weight excluding hydrogens is 293 g/mol. The normalized spacial score (nSPS) is 16.3. The van der Waals surface area contributed by atoms with Crippen molar-refractivity contribution in [3.05, 3.63) is 41.6 Å². The highest BCUT2D eigenvalue weighted by Gasteiger charge is 2.12. The van der Waals surface area contributed by atoms with Crippen LogP contribution in [0.25, 0.3) is 11.3 Å². The molecule has 0 saturated carbocycles. The molecule has 0 spiro atoms. The Morgan fingerprint density at radius 3 is 2.81 bits per heavy atom. The second kappa shape index (κ2) is 6.56.